The molecule has 7 heteroatoms. The molecule has 0 radical (unpaired) electrons. The molecule has 2 aliphatic rings. The van der Waals surface area contributed by atoms with Crippen molar-refractivity contribution >= 4 is 17.8 Å². The minimum atomic E-state index is -0.227. The van der Waals surface area contributed by atoms with Gasteiger partial charge in [-0.25, -0.2) is 4.98 Å². The molecule has 1 N–H and O–H groups in total. The molecular weight excluding hydrogens is 428 g/mol. The molecule has 176 valence electrons. The predicted octanol–water partition coefficient (Wildman–Crippen LogP) is 4.44. The standard InChI is InChI=1S/C27H30N4O3/c1-18-3-11-22(12-4-18)31-16-24(20-9-13-23(34-2)14-10-20)28-27(31)29-25(32)17-30(15-19-5-6-19)26(33)21-7-8-21/h3-4,9-14,16,19,21H,5-8,15,17H2,1-2H3,(H,28,29,32). The van der Waals surface area contributed by atoms with Crippen LogP contribution in [0.25, 0.3) is 16.9 Å². The van der Waals surface area contributed by atoms with Crippen molar-refractivity contribution in [3.8, 4) is 22.7 Å². The van der Waals surface area contributed by atoms with Gasteiger partial charge in [-0.05, 0) is 74.9 Å². The zero-order valence-corrected chi connectivity index (χ0v) is 19.7. The molecular formula is C27H30N4O3. The van der Waals surface area contributed by atoms with Crippen molar-refractivity contribution in [2.24, 2.45) is 11.8 Å². The van der Waals surface area contributed by atoms with Crippen molar-refractivity contribution in [3.05, 3.63) is 60.3 Å². The van der Waals surface area contributed by atoms with Gasteiger partial charge < -0.3 is 9.64 Å². The van der Waals surface area contributed by atoms with E-state index < -0.39 is 0 Å². The van der Waals surface area contributed by atoms with Gasteiger partial charge in [0.1, 0.15) is 5.75 Å². The van der Waals surface area contributed by atoms with E-state index >= 15 is 0 Å². The summed E-state index contributed by atoms with van der Waals surface area (Å²) < 4.78 is 7.14. The molecule has 2 aromatic carbocycles. The summed E-state index contributed by atoms with van der Waals surface area (Å²) in [6.45, 7) is 2.77. The Labute approximate surface area is 199 Å². The van der Waals surface area contributed by atoms with E-state index in [-0.39, 0.29) is 24.3 Å². The highest BCUT2D eigenvalue weighted by molar-refractivity contribution is 5.94. The molecule has 0 saturated heterocycles. The minimum absolute atomic E-state index is 0.0600. The summed E-state index contributed by atoms with van der Waals surface area (Å²) in [6.07, 6.45) is 6.06. The Morgan fingerprint density at radius 2 is 1.76 bits per heavy atom. The molecule has 0 unspecified atom stereocenters. The summed E-state index contributed by atoms with van der Waals surface area (Å²) in [7, 11) is 1.63. The normalized spacial score (nSPS) is 15.1. The molecule has 1 heterocycles. The first-order valence-corrected chi connectivity index (χ1v) is 11.9. The molecule has 0 atom stereocenters. The van der Waals surface area contributed by atoms with Crippen molar-refractivity contribution in [1.82, 2.24) is 14.5 Å². The third-order valence-electron chi connectivity index (χ3n) is 6.40. The SMILES string of the molecule is COc1ccc(-c2cn(-c3ccc(C)cc3)c(NC(=O)CN(CC3CC3)C(=O)C3CC3)n2)cc1. The highest BCUT2D eigenvalue weighted by atomic mass is 16.5. The van der Waals surface area contributed by atoms with E-state index in [2.05, 4.69) is 5.32 Å². The Bertz CT molecular complexity index is 1180. The van der Waals surface area contributed by atoms with Gasteiger partial charge in [0, 0.05) is 29.9 Å². The largest absolute Gasteiger partial charge is 0.497 e. The number of methoxy groups -OCH3 is 1. The van der Waals surface area contributed by atoms with Crippen LogP contribution in [0, 0.1) is 18.8 Å². The van der Waals surface area contributed by atoms with Crippen LogP contribution in [0.4, 0.5) is 5.95 Å². The Kier molecular flexibility index (Phi) is 6.09. The highest BCUT2D eigenvalue weighted by Gasteiger charge is 2.36. The van der Waals surface area contributed by atoms with Gasteiger partial charge in [0.15, 0.2) is 0 Å². The summed E-state index contributed by atoms with van der Waals surface area (Å²) in [4.78, 5) is 32.3. The average molecular weight is 459 g/mol. The molecule has 2 fully saturated rings. The summed E-state index contributed by atoms with van der Waals surface area (Å²) in [5.74, 6) is 1.73. The van der Waals surface area contributed by atoms with E-state index in [9.17, 15) is 9.59 Å². The van der Waals surface area contributed by atoms with Crippen molar-refractivity contribution in [3.63, 3.8) is 0 Å². The van der Waals surface area contributed by atoms with Crippen molar-refractivity contribution in [1.29, 1.82) is 0 Å². The van der Waals surface area contributed by atoms with Crippen LogP contribution >= 0.6 is 0 Å². The van der Waals surface area contributed by atoms with Crippen molar-refractivity contribution in [2.45, 2.75) is 32.6 Å². The van der Waals surface area contributed by atoms with Crippen LogP contribution in [0.2, 0.25) is 0 Å². The lowest BCUT2D eigenvalue weighted by Crippen LogP contribution is -2.40. The Hall–Kier alpha value is -3.61. The number of benzene rings is 2. The maximum Gasteiger partial charge on any atom is 0.246 e. The zero-order valence-electron chi connectivity index (χ0n) is 19.7. The van der Waals surface area contributed by atoms with Crippen molar-refractivity contribution in [2.75, 3.05) is 25.5 Å². The van der Waals surface area contributed by atoms with Crippen LogP contribution in [0.1, 0.15) is 31.2 Å². The summed E-state index contributed by atoms with van der Waals surface area (Å²) >= 11 is 0. The first kappa shape index (κ1) is 22.2. The van der Waals surface area contributed by atoms with Crippen LogP contribution in [0.5, 0.6) is 5.75 Å². The summed E-state index contributed by atoms with van der Waals surface area (Å²) in [5, 5.41) is 2.97. The molecule has 2 aliphatic carbocycles. The van der Waals surface area contributed by atoms with Crippen LogP contribution in [0.3, 0.4) is 0 Å². The number of hydrogen-bond acceptors (Lipinski definition) is 4. The third kappa shape index (κ3) is 5.14. The van der Waals surface area contributed by atoms with Gasteiger partial charge in [-0.1, -0.05) is 17.7 Å². The van der Waals surface area contributed by atoms with E-state index in [1.54, 1.807) is 12.0 Å². The fraction of sp³-hybridized carbons (Fsp3) is 0.370. The number of carbonyl (C=O) groups excluding carboxylic acids is 2. The fourth-order valence-electron chi connectivity index (χ4n) is 4.04. The van der Waals surface area contributed by atoms with E-state index in [0.717, 1.165) is 53.9 Å². The molecule has 0 aliphatic heterocycles. The molecule has 0 bridgehead atoms. The van der Waals surface area contributed by atoms with Crippen LogP contribution in [0.15, 0.2) is 54.7 Å². The molecule has 1 aromatic heterocycles. The van der Waals surface area contributed by atoms with E-state index in [0.29, 0.717) is 18.4 Å². The van der Waals surface area contributed by atoms with Gasteiger partial charge in [-0.3, -0.25) is 19.5 Å². The van der Waals surface area contributed by atoms with E-state index in [1.165, 1.54) is 0 Å². The monoisotopic (exact) mass is 458 g/mol. The number of imidazole rings is 1. The second kappa shape index (κ2) is 9.33. The lowest BCUT2D eigenvalue weighted by atomic mass is 10.1. The van der Waals surface area contributed by atoms with Gasteiger partial charge in [-0.15, -0.1) is 0 Å². The molecule has 0 spiro atoms. The Morgan fingerprint density at radius 3 is 2.38 bits per heavy atom. The van der Waals surface area contributed by atoms with Crippen LogP contribution in [-0.4, -0.2) is 46.5 Å². The quantitative estimate of drug-likeness (QED) is 0.514. The summed E-state index contributed by atoms with van der Waals surface area (Å²) in [5.41, 5.74) is 3.71. The number of rotatable bonds is 9. The molecule has 34 heavy (non-hydrogen) atoms. The lowest BCUT2D eigenvalue weighted by Gasteiger charge is -2.22. The lowest BCUT2D eigenvalue weighted by molar-refractivity contribution is -0.136. The number of anilines is 1. The van der Waals surface area contributed by atoms with Gasteiger partial charge in [0.25, 0.3) is 0 Å². The number of carbonyl (C=O) groups is 2. The predicted molar refractivity (Wildman–Crippen MR) is 131 cm³/mol. The van der Waals surface area contributed by atoms with E-state index in [4.69, 9.17) is 9.72 Å². The zero-order chi connectivity index (χ0) is 23.7. The number of nitrogens with one attached hydrogen (secondary N) is 1. The maximum absolute atomic E-state index is 13.1. The fourth-order valence-corrected chi connectivity index (χ4v) is 4.04. The second-order valence-electron chi connectivity index (χ2n) is 9.37. The highest BCUT2D eigenvalue weighted by Crippen LogP contribution is 2.34. The molecule has 2 amide bonds. The molecule has 3 aromatic rings. The molecule has 5 rings (SSSR count). The smallest absolute Gasteiger partial charge is 0.246 e. The molecule has 2 saturated carbocycles. The number of aromatic nitrogens is 2. The number of nitrogens with zero attached hydrogens (tertiary/aromatic N) is 3. The first-order chi connectivity index (χ1) is 16.5. The van der Waals surface area contributed by atoms with Gasteiger partial charge in [0.05, 0.1) is 19.3 Å². The average Bonchev–Trinajstić information content (AvgIpc) is 3.78. The number of amides is 2. The number of hydrogen-bond donors (Lipinski definition) is 1. The van der Waals surface area contributed by atoms with E-state index in [1.807, 2.05) is 66.2 Å². The topological polar surface area (TPSA) is 76.5 Å². The van der Waals surface area contributed by atoms with Gasteiger partial charge in [-0.2, -0.15) is 0 Å². The van der Waals surface area contributed by atoms with Crippen molar-refractivity contribution < 1.29 is 14.3 Å². The number of ether oxygens (including phenoxy) is 1. The second-order valence-corrected chi connectivity index (χ2v) is 9.37. The maximum atomic E-state index is 13.1. The Balaban J connectivity index is 1.40. The molecule has 7 nitrogen and oxygen atoms in total. The van der Waals surface area contributed by atoms with Gasteiger partial charge in [0.2, 0.25) is 17.8 Å². The first-order valence-electron chi connectivity index (χ1n) is 11.9. The van der Waals surface area contributed by atoms with Crippen LogP contribution in [-0.2, 0) is 9.59 Å². The summed E-state index contributed by atoms with van der Waals surface area (Å²) in [6, 6.07) is 15.7. The van der Waals surface area contributed by atoms with Gasteiger partial charge >= 0.3 is 0 Å². The van der Waals surface area contributed by atoms with Crippen LogP contribution < -0.4 is 10.1 Å². The number of aryl methyl sites for hydroxylation is 1. The Morgan fingerprint density at radius 1 is 1.06 bits per heavy atom. The third-order valence-corrected chi connectivity index (χ3v) is 6.40. The minimum Gasteiger partial charge on any atom is -0.497 e.